The molecule has 10 N–H and O–H groups in total. The van der Waals surface area contributed by atoms with Crippen LogP contribution < -0.4 is 27.4 Å². The van der Waals surface area contributed by atoms with Crippen LogP contribution in [0.3, 0.4) is 0 Å². The van der Waals surface area contributed by atoms with Crippen molar-refractivity contribution in [3.05, 3.63) is 0 Å². The standard InChI is InChI=1S/C17H29N5O9S/c18-4-2-1-3-9(20-14(27)8(19)5-12(23)24)15(28)21-10(6-13(25)26)16(29)22-11(7-32)17(30)31/h8-11,32H,1-7,18-19H2,(H,20,27)(H,21,28)(H,22,29)(H,23,24)(H,25,26)(H,30,31). The van der Waals surface area contributed by atoms with Gasteiger partial charge in [0.1, 0.15) is 18.1 Å². The molecule has 0 fully saturated rings. The van der Waals surface area contributed by atoms with E-state index >= 15 is 0 Å². The van der Waals surface area contributed by atoms with Crippen LogP contribution in [0.25, 0.3) is 0 Å². The lowest BCUT2D eigenvalue weighted by Crippen LogP contribution is -2.57. The number of nitrogens with two attached hydrogens (primary N) is 2. The molecule has 0 aliphatic carbocycles. The molecule has 0 saturated carbocycles. The molecule has 0 aliphatic rings. The SMILES string of the molecule is NCCCCC(NC(=O)C(N)CC(=O)O)C(=O)NC(CC(=O)O)C(=O)NC(CS)C(=O)O. The predicted molar refractivity (Wildman–Crippen MR) is 113 cm³/mol. The first-order valence-corrected chi connectivity index (χ1v) is 10.2. The van der Waals surface area contributed by atoms with Gasteiger partial charge in [0, 0.05) is 5.75 Å². The van der Waals surface area contributed by atoms with Gasteiger partial charge in [-0.3, -0.25) is 24.0 Å². The molecule has 32 heavy (non-hydrogen) atoms. The number of carboxylic acid groups (broad SMARTS) is 3. The Morgan fingerprint density at radius 2 is 1.25 bits per heavy atom. The smallest absolute Gasteiger partial charge is 0.327 e. The molecule has 182 valence electrons. The first-order valence-electron chi connectivity index (χ1n) is 9.56. The third kappa shape index (κ3) is 11.5. The zero-order chi connectivity index (χ0) is 24.8. The van der Waals surface area contributed by atoms with Crippen LogP contribution in [0.2, 0.25) is 0 Å². The fraction of sp³-hybridized carbons (Fsp3) is 0.647. The average molecular weight is 480 g/mol. The molecular weight excluding hydrogens is 450 g/mol. The lowest BCUT2D eigenvalue weighted by atomic mass is 10.1. The van der Waals surface area contributed by atoms with Gasteiger partial charge in [-0.2, -0.15) is 12.6 Å². The van der Waals surface area contributed by atoms with Crippen LogP contribution in [0.5, 0.6) is 0 Å². The van der Waals surface area contributed by atoms with E-state index in [0.717, 1.165) is 0 Å². The summed E-state index contributed by atoms with van der Waals surface area (Å²) in [5.41, 5.74) is 10.9. The minimum atomic E-state index is -1.65. The Kier molecular flexibility index (Phi) is 13.6. The van der Waals surface area contributed by atoms with Crippen molar-refractivity contribution < 1.29 is 44.1 Å². The van der Waals surface area contributed by atoms with E-state index in [1.165, 1.54) is 0 Å². The Balaban J connectivity index is 5.44. The van der Waals surface area contributed by atoms with Crippen molar-refractivity contribution in [2.45, 2.75) is 56.3 Å². The van der Waals surface area contributed by atoms with Gasteiger partial charge in [-0.1, -0.05) is 0 Å². The Morgan fingerprint density at radius 3 is 1.72 bits per heavy atom. The molecule has 0 radical (unpaired) electrons. The third-order valence-corrected chi connectivity index (χ3v) is 4.49. The third-order valence-electron chi connectivity index (χ3n) is 4.12. The first kappa shape index (κ1) is 29.1. The number of nitrogens with one attached hydrogen (secondary N) is 3. The second kappa shape index (κ2) is 15.0. The highest BCUT2D eigenvalue weighted by Gasteiger charge is 2.31. The van der Waals surface area contributed by atoms with Gasteiger partial charge in [-0.15, -0.1) is 0 Å². The minimum absolute atomic E-state index is 0.0460. The molecule has 3 amide bonds. The molecule has 14 nitrogen and oxygen atoms in total. The molecule has 0 aliphatic heterocycles. The van der Waals surface area contributed by atoms with Crippen LogP contribution in [0.1, 0.15) is 32.1 Å². The summed E-state index contributed by atoms with van der Waals surface area (Å²) >= 11 is 3.79. The van der Waals surface area contributed by atoms with Crippen molar-refractivity contribution >= 4 is 48.3 Å². The number of hydrogen-bond donors (Lipinski definition) is 9. The number of amides is 3. The highest BCUT2D eigenvalue weighted by molar-refractivity contribution is 7.80. The summed E-state index contributed by atoms with van der Waals surface area (Å²) in [4.78, 5) is 70.1. The number of hydrogen-bond acceptors (Lipinski definition) is 9. The zero-order valence-corrected chi connectivity index (χ0v) is 18.0. The average Bonchev–Trinajstić information content (AvgIpc) is 2.69. The van der Waals surface area contributed by atoms with Crippen molar-refractivity contribution in [1.29, 1.82) is 0 Å². The summed E-state index contributed by atoms with van der Waals surface area (Å²) in [7, 11) is 0. The number of carbonyl (C=O) groups excluding carboxylic acids is 3. The van der Waals surface area contributed by atoms with E-state index in [9.17, 15) is 28.8 Å². The first-order chi connectivity index (χ1) is 14.9. The second-order valence-corrected chi connectivity index (χ2v) is 7.16. The van der Waals surface area contributed by atoms with E-state index in [-0.39, 0.29) is 12.2 Å². The topological polar surface area (TPSA) is 251 Å². The van der Waals surface area contributed by atoms with Gasteiger partial charge >= 0.3 is 17.9 Å². The van der Waals surface area contributed by atoms with Crippen LogP contribution in [-0.2, 0) is 28.8 Å². The monoisotopic (exact) mass is 479 g/mol. The van der Waals surface area contributed by atoms with E-state index in [2.05, 4.69) is 28.6 Å². The van der Waals surface area contributed by atoms with E-state index in [1.807, 2.05) is 0 Å². The molecule has 0 saturated heterocycles. The van der Waals surface area contributed by atoms with Gasteiger partial charge < -0.3 is 42.7 Å². The van der Waals surface area contributed by atoms with Crippen molar-refractivity contribution in [3.8, 4) is 0 Å². The number of aliphatic carboxylic acids is 3. The molecule has 4 unspecified atom stereocenters. The molecular formula is C17H29N5O9S. The lowest BCUT2D eigenvalue weighted by Gasteiger charge is -2.24. The quantitative estimate of drug-likeness (QED) is 0.0789. The maximum Gasteiger partial charge on any atom is 0.327 e. The van der Waals surface area contributed by atoms with Crippen LogP contribution in [0.4, 0.5) is 0 Å². The summed E-state index contributed by atoms with van der Waals surface area (Å²) in [6.07, 6.45) is -0.641. The van der Waals surface area contributed by atoms with Crippen LogP contribution in [0, 0.1) is 0 Å². The normalized spacial score (nSPS) is 14.3. The molecule has 0 aromatic carbocycles. The fourth-order valence-electron chi connectivity index (χ4n) is 2.44. The van der Waals surface area contributed by atoms with Crippen LogP contribution >= 0.6 is 12.6 Å². The van der Waals surface area contributed by atoms with E-state index in [1.54, 1.807) is 0 Å². The van der Waals surface area contributed by atoms with Crippen molar-refractivity contribution in [3.63, 3.8) is 0 Å². The number of carboxylic acids is 3. The Bertz CT molecular complexity index is 706. The minimum Gasteiger partial charge on any atom is -0.481 e. The highest BCUT2D eigenvalue weighted by Crippen LogP contribution is 2.05. The highest BCUT2D eigenvalue weighted by atomic mass is 32.1. The van der Waals surface area contributed by atoms with E-state index in [0.29, 0.717) is 19.4 Å². The summed E-state index contributed by atoms with van der Waals surface area (Å²) in [5, 5.41) is 33.3. The molecule has 0 aromatic rings. The van der Waals surface area contributed by atoms with Gasteiger partial charge in [-0.05, 0) is 25.8 Å². The molecule has 15 heteroatoms. The van der Waals surface area contributed by atoms with Crippen LogP contribution in [0.15, 0.2) is 0 Å². The van der Waals surface area contributed by atoms with Crippen molar-refractivity contribution in [1.82, 2.24) is 16.0 Å². The molecule has 0 heterocycles. The molecule has 0 bridgehead atoms. The van der Waals surface area contributed by atoms with Crippen molar-refractivity contribution in [2.75, 3.05) is 12.3 Å². The van der Waals surface area contributed by atoms with E-state index < -0.39 is 72.6 Å². The summed E-state index contributed by atoms with van der Waals surface area (Å²) < 4.78 is 0. The summed E-state index contributed by atoms with van der Waals surface area (Å²) in [6, 6.07) is -5.78. The van der Waals surface area contributed by atoms with Gasteiger partial charge in [0.25, 0.3) is 0 Å². The van der Waals surface area contributed by atoms with Gasteiger partial charge in [0.05, 0.1) is 18.9 Å². The second-order valence-electron chi connectivity index (χ2n) is 6.79. The predicted octanol–water partition coefficient (Wildman–Crippen LogP) is -3.14. The van der Waals surface area contributed by atoms with Gasteiger partial charge in [0.2, 0.25) is 17.7 Å². The van der Waals surface area contributed by atoms with Gasteiger partial charge in [0.15, 0.2) is 0 Å². The maximum atomic E-state index is 12.7. The molecule has 0 aromatic heterocycles. The Hall–Kier alpha value is -2.91. The number of rotatable bonds is 16. The molecule has 0 spiro atoms. The maximum absolute atomic E-state index is 12.7. The number of unbranched alkanes of at least 4 members (excludes halogenated alkanes) is 1. The lowest BCUT2D eigenvalue weighted by molar-refractivity contribution is -0.143. The number of carbonyl (C=O) groups is 6. The van der Waals surface area contributed by atoms with Crippen LogP contribution in [-0.4, -0.2) is 87.4 Å². The molecule has 0 rings (SSSR count). The van der Waals surface area contributed by atoms with Crippen molar-refractivity contribution in [2.24, 2.45) is 11.5 Å². The summed E-state index contributed by atoms with van der Waals surface area (Å²) in [6.45, 7) is 0.297. The van der Waals surface area contributed by atoms with E-state index in [4.69, 9.17) is 26.8 Å². The Morgan fingerprint density at radius 1 is 0.750 bits per heavy atom. The number of thiol groups is 1. The fourth-order valence-corrected chi connectivity index (χ4v) is 2.68. The molecule has 4 atom stereocenters. The van der Waals surface area contributed by atoms with Gasteiger partial charge in [-0.25, -0.2) is 4.79 Å². The largest absolute Gasteiger partial charge is 0.481 e. The zero-order valence-electron chi connectivity index (χ0n) is 17.2. The Labute approximate surface area is 188 Å². The summed E-state index contributed by atoms with van der Waals surface area (Å²) in [5.74, 6) is -7.40.